The highest BCUT2D eigenvalue weighted by atomic mass is 16.8. The van der Waals surface area contributed by atoms with Gasteiger partial charge in [0, 0.05) is 32.1 Å². The summed E-state index contributed by atoms with van der Waals surface area (Å²) in [6.07, 6.45) is -81.3. The Morgan fingerprint density at radius 2 is 0.352 bits per heavy atom. The highest BCUT2D eigenvalue weighted by Crippen LogP contribution is 2.43. The molecule has 10 saturated carbocycles. The van der Waals surface area contributed by atoms with Crippen LogP contribution in [-0.2, 0) is 100 Å². The van der Waals surface area contributed by atoms with Crippen LogP contribution in [0.25, 0.3) is 0 Å². The fourth-order valence-corrected chi connectivity index (χ4v) is 18.5. The molecular formula is C76H112O46. The van der Waals surface area contributed by atoms with Gasteiger partial charge in [-0.3, -0.25) is 47.9 Å². The molecule has 0 aromatic carbocycles. The lowest BCUT2D eigenvalue weighted by molar-refractivity contribution is -0.306. The predicted octanol–water partition coefficient (Wildman–Crippen LogP) is -12.8. The fourth-order valence-electron chi connectivity index (χ4n) is 18.5. The fraction of sp³-hybridized carbons (Fsp3) is 0.868. The van der Waals surface area contributed by atoms with E-state index in [1.807, 2.05) is 0 Å². The van der Waals surface area contributed by atoms with Crippen LogP contribution >= 0.6 is 0 Å². The zero-order valence-corrected chi connectivity index (χ0v) is 65.6. The van der Waals surface area contributed by atoms with Crippen LogP contribution in [0.15, 0.2) is 0 Å². The van der Waals surface area contributed by atoms with E-state index in [0.29, 0.717) is 0 Å². The minimum atomic E-state index is -2.77. The Kier molecular flexibility index (Phi) is 32.2. The first kappa shape index (κ1) is 96.3. The van der Waals surface area contributed by atoms with Crippen LogP contribution < -0.4 is 0 Å². The molecule has 0 amide bonds. The van der Waals surface area contributed by atoms with Crippen molar-refractivity contribution in [3.05, 3.63) is 0 Å². The molecule has 0 aromatic heterocycles. The molecule has 46 nitrogen and oxygen atoms in total. The minimum absolute atomic E-state index is 0.462. The average molecular weight is 1760 g/mol. The highest BCUT2D eigenvalue weighted by Gasteiger charge is 2.60. The normalized spacial score (nSPS) is 47.0. The van der Waals surface area contributed by atoms with E-state index in [9.17, 15) is 156 Å². The van der Waals surface area contributed by atoms with Crippen molar-refractivity contribution in [2.75, 3.05) is 6.61 Å². The quantitative estimate of drug-likeness (QED) is 0.0375. The Balaban J connectivity index is 0.980. The highest BCUT2D eigenvalue weighted by molar-refractivity contribution is 5.79. The van der Waals surface area contributed by atoms with E-state index in [2.05, 4.69) is 0 Å². The summed E-state index contributed by atoms with van der Waals surface area (Å²) in [5.74, 6) is -29.9. The number of carbonyl (C=O) groups is 10. The first-order chi connectivity index (χ1) is 57.4. The first-order valence-electron chi connectivity index (χ1n) is 41.0. The van der Waals surface area contributed by atoms with Crippen molar-refractivity contribution >= 4 is 59.7 Å². The number of esters is 10. The number of rotatable bonds is 21. The third kappa shape index (κ3) is 22.2. The Labute approximate surface area is 693 Å². The van der Waals surface area contributed by atoms with Gasteiger partial charge >= 0.3 is 59.7 Å². The smallest absolute Gasteiger partial charge is 0.311 e. The van der Waals surface area contributed by atoms with E-state index >= 15 is 19.2 Å². The topological polar surface area (TPSA) is 778 Å². The van der Waals surface area contributed by atoms with Gasteiger partial charge in [-0.25, -0.2) is 0 Å². The maximum atomic E-state index is 15.6. The zero-order valence-electron chi connectivity index (χ0n) is 65.6. The van der Waals surface area contributed by atoms with E-state index in [0.717, 1.165) is 0 Å². The average Bonchev–Trinajstić information content (AvgIpc) is 0.764. The van der Waals surface area contributed by atoms with Gasteiger partial charge in [0.25, 0.3) is 0 Å². The number of aliphatic hydroxyl groups is 25. The lowest BCUT2D eigenvalue weighted by Gasteiger charge is -2.46. The van der Waals surface area contributed by atoms with Crippen molar-refractivity contribution in [3.8, 4) is 0 Å². The van der Waals surface area contributed by atoms with Crippen LogP contribution in [0.3, 0.4) is 0 Å². The second-order valence-corrected chi connectivity index (χ2v) is 34.8. The summed E-state index contributed by atoms with van der Waals surface area (Å²) in [7, 11) is 0. The van der Waals surface area contributed by atoms with Crippen LogP contribution in [0.1, 0.15) is 128 Å². The molecule has 1 saturated heterocycles. The molecule has 10 aliphatic carbocycles. The van der Waals surface area contributed by atoms with E-state index in [-0.39, 0.29) is 0 Å². The molecular weight excluding hydrogens is 1650 g/mol. The first-order valence-corrected chi connectivity index (χ1v) is 41.0. The van der Waals surface area contributed by atoms with Crippen molar-refractivity contribution < 1.29 is 228 Å². The van der Waals surface area contributed by atoms with Crippen molar-refractivity contribution in [1.82, 2.24) is 0 Å². The van der Waals surface area contributed by atoms with Gasteiger partial charge in [-0.15, -0.1) is 0 Å². The van der Waals surface area contributed by atoms with Gasteiger partial charge in [-0.05, 0) is 96.3 Å². The Hall–Kier alpha value is -6.34. The largest absolute Gasteiger partial charge is 0.463 e. The summed E-state index contributed by atoms with van der Waals surface area (Å²) in [4.78, 5) is 145. The van der Waals surface area contributed by atoms with Crippen LogP contribution in [0.5, 0.6) is 0 Å². The van der Waals surface area contributed by atoms with Gasteiger partial charge < -0.3 is 180 Å². The Morgan fingerprint density at radius 1 is 0.189 bits per heavy atom. The molecule has 0 radical (unpaired) electrons. The van der Waals surface area contributed by atoms with Crippen molar-refractivity contribution in [2.45, 2.75) is 342 Å². The molecule has 30 unspecified atom stereocenters. The third-order valence-corrected chi connectivity index (χ3v) is 25.9. The standard InChI is InChI=1S/C76H112O46/c77-32-1-22(2-33(78)53(32)92)67(103)113-47-16-27(11-42(87)58(47)97)66(102)112-21-52-63(119-72(108)28-12-43(88)59(98)48(17-28)114-68(104)23-3-34(79)54(93)35(80)4-23)64(120-73(109)29-13-44(89)60(99)49(18-29)115-69(105)24-5-36(81)55(94)37(82)6-24)65(121-74(110)30-14-45(90)61(100)50(19-30)116-70(106)25-7-38(83)56(95)39(84)8-25)76(118-52)122-75(111)31-15-46(91)62(101)51(20-31)117-71(107)26-9-40(85)57(96)41(86)10-26/h22-65,76-101H,1-21H2/t22?,23?,24?,25?,26?,27?,28?,29?,30?,31?,32?,33?,34?,35?,36?,37?,38?,39?,40?,41?,42?,43?,44?,45?,46?,47?,48?,49?,50?,51?,52-,53?,54?,55?,56?,57?,58?,59?,60?,61?,62?,63-,64+,65-,76-/m0/s1. The van der Waals surface area contributed by atoms with Gasteiger partial charge in [-0.1, -0.05) is 0 Å². The molecule has 11 fully saturated rings. The van der Waals surface area contributed by atoms with E-state index < -0.39 is 468 Å². The lowest BCUT2D eigenvalue weighted by atomic mass is 9.81. The molecule has 122 heavy (non-hydrogen) atoms. The number of carbonyl (C=O) groups excluding carboxylic acids is 10. The number of aliphatic hydroxyl groups excluding tert-OH is 25. The van der Waals surface area contributed by atoms with E-state index in [1.165, 1.54) is 0 Å². The van der Waals surface area contributed by atoms with Crippen molar-refractivity contribution in [2.24, 2.45) is 59.2 Å². The minimum Gasteiger partial charge on any atom is -0.463 e. The molecule has 11 aliphatic rings. The summed E-state index contributed by atoms with van der Waals surface area (Å²) in [6.45, 7) is -1.41. The summed E-state index contributed by atoms with van der Waals surface area (Å²) in [5, 5.41) is 269. The van der Waals surface area contributed by atoms with E-state index in [4.69, 9.17) is 52.1 Å². The monoisotopic (exact) mass is 1760 g/mol. The van der Waals surface area contributed by atoms with Crippen molar-refractivity contribution in [1.29, 1.82) is 0 Å². The number of ether oxygens (including phenoxy) is 11. The molecule has 0 spiro atoms. The van der Waals surface area contributed by atoms with Gasteiger partial charge in [0.1, 0.15) is 104 Å². The second kappa shape index (κ2) is 40.7. The van der Waals surface area contributed by atoms with Crippen LogP contribution in [0.4, 0.5) is 0 Å². The molecule has 0 bridgehead atoms. The molecule has 692 valence electrons. The summed E-state index contributed by atoms with van der Waals surface area (Å²) in [6, 6.07) is 0. The lowest BCUT2D eigenvalue weighted by Crippen LogP contribution is -2.64. The van der Waals surface area contributed by atoms with Gasteiger partial charge in [-0.2, -0.15) is 0 Å². The van der Waals surface area contributed by atoms with Crippen LogP contribution in [0.2, 0.25) is 0 Å². The van der Waals surface area contributed by atoms with Gasteiger partial charge in [0.15, 0.2) is 12.2 Å². The van der Waals surface area contributed by atoms with E-state index in [1.54, 1.807) is 0 Å². The summed E-state index contributed by atoms with van der Waals surface area (Å²) >= 11 is 0. The van der Waals surface area contributed by atoms with Crippen LogP contribution in [0, 0.1) is 59.2 Å². The maximum absolute atomic E-state index is 15.6. The second-order valence-electron chi connectivity index (χ2n) is 34.8. The molecule has 35 atom stereocenters. The molecule has 0 aromatic rings. The Bertz CT molecular complexity index is 3570. The summed E-state index contributed by atoms with van der Waals surface area (Å²) < 4.78 is 64.7. The molecule has 1 aliphatic heterocycles. The molecule has 11 rings (SSSR count). The predicted molar refractivity (Wildman–Crippen MR) is 382 cm³/mol. The number of hydrogen-bond donors (Lipinski definition) is 25. The molecule has 1 heterocycles. The maximum Gasteiger partial charge on any atom is 0.311 e. The van der Waals surface area contributed by atoms with Crippen LogP contribution in [-0.4, -0.2) is 408 Å². The third-order valence-electron chi connectivity index (χ3n) is 25.9. The van der Waals surface area contributed by atoms with Gasteiger partial charge in [0.2, 0.25) is 12.4 Å². The van der Waals surface area contributed by atoms with Crippen molar-refractivity contribution in [3.63, 3.8) is 0 Å². The number of hydrogen-bond acceptors (Lipinski definition) is 46. The zero-order chi connectivity index (χ0) is 89.4. The van der Waals surface area contributed by atoms with Gasteiger partial charge in [0.05, 0.1) is 151 Å². The Morgan fingerprint density at radius 3 is 0.574 bits per heavy atom. The molecule has 46 heteroatoms. The summed E-state index contributed by atoms with van der Waals surface area (Å²) in [5.41, 5.74) is 0. The molecule has 25 N–H and O–H groups in total. The SMILES string of the molecule is O=C(OC[C@@H]1O[C@@H](OC(=O)C2CC(O)C(O)C(OC(=O)C3CC(O)C(O)C(O)C3)C2)[C@@H](OC(=O)C2CC(O)C(O)C(OC(=O)C3CC(O)C(O)C(O)C3)C2)[C@H](OC(=O)C2CC(O)C(O)C(OC(=O)C3CC(O)C(O)C(O)C3)C2)[C@H]1OC(=O)C1CC(O)C(O)C(OC(=O)C2CC(O)C(O)C(O)C2)C1)C1CC(O)C(O)C(OC(=O)C2CC(O)C(O)C(O)C2)C1.